The zero-order valence-corrected chi connectivity index (χ0v) is 35.3. The van der Waals surface area contributed by atoms with Crippen molar-refractivity contribution in [2.75, 3.05) is 40.3 Å². The van der Waals surface area contributed by atoms with Crippen LogP contribution in [0.3, 0.4) is 0 Å². The predicted octanol–water partition coefficient (Wildman–Crippen LogP) is 8.31. The summed E-state index contributed by atoms with van der Waals surface area (Å²) in [7, 11) is 4.23. The van der Waals surface area contributed by atoms with Gasteiger partial charge in [0.15, 0.2) is 0 Å². The first kappa shape index (κ1) is 45.0. The SMILES string of the molecule is C.CC(=O)OC(C)(C)C.CC(C)c1nn(-c2noc(C[C@@H]3CCN(C)C3)n2)c2c(F)cccc12.CC(C)c1nn(-c2noc(C[C@@H]3CCN(C)C3)n2)c2c(F)cccc12. The van der Waals surface area contributed by atoms with Crippen LogP contribution in [-0.2, 0) is 22.4 Å². The summed E-state index contributed by atoms with van der Waals surface area (Å²) in [5.41, 5.74) is 2.14. The molecule has 0 N–H and O–H groups in total. The van der Waals surface area contributed by atoms with Gasteiger partial charge in [-0.25, -0.2) is 8.78 Å². The maximum atomic E-state index is 14.4. The van der Waals surface area contributed by atoms with Crippen molar-refractivity contribution in [2.45, 2.75) is 106 Å². The second-order valence-electron chi connectivity index (χ2n) is 17.1. The summed E-state index contributed by atoms with van der Waals surface area (Å²) in [5.74, 6) is 2.26. The van der Waals surface area contributed by atoms with Crippen LogP contribution in [0, 0.1) is 23.5 Å². The molecule has 0 aliphatic carbocycles. The van der Waals surface area contributed by atoms with Crippen LogP contribution in [0.15, 0.2) is 45.4 Å². The van der Waals surface area contributed by atoms with E-state index >= 15 is 0 Å². The van der Waals surface area contributed by atoms with Crippen LogP contribution in [0.1, 0.15) is 111 Å². The minimum Gasteiger partial charge on any atom is -0.460 e. The Hall–Kier alpha value is -5.09. The van der Waals surface area contributed by atoms with E-state index in [1.807, 2.05) is 60.6 Å². The molecule has 2 fully saturated rings. The van der Waals surface area contributed by atoms with Crippen LogP contribution in [0.4, 0.5) is 8.78 Å². The van der Waals surface area contributed by atoms with Crippen LogP contribution >= 0.6 is 0 Å². The van der Waals surface area contributed by atoms with Gasteiger partial charge in [-0.05, 0) is 107 Å². The van der Waals surface area contributed by atoms with E-state index in [9.17, 15) is 13.6 Å². The Morgan fingerprint density at radius 3 is 1.47 bits per heavy atom. The van der Waals surface area contributed by atoms with Gasteiger partial charge in [0, 0.05) is 43.6 Å². The monoisotopic (exact) mass is 818 g/mol. The number of aromatic nitrogens is 8. The molecule has 4 aromatic heterocycles. The van der Waals surface area contributed by atoms with Gasteiger partial charge in [0.2, 0.25) is 11.8 Å². The van der Waals surface area contributed by atoms with Gasteiger partial charge in [-0.2, -0.15) is 29.5 Å². The molecule has 6 heterocycles. The number of hydrogen-bond acceptors (Lipinski definition) is 12. The molecule has 16 heteroatoms. The van der Waals surface area contributed by atoms with E-state index in [1.54, 1.807) is 12.1 Å². The van der Waals surface area contributed by atoms with Crippen LogP contribution in [0.2, 0.25) is 0 Å². The fourth-order valence-electron chi connectivity index (χ4n) is 7.58. The Bertz CT molecular complexity index is 2170. The summed E-state index contributed by atoms with van der Waals surface area (Å²) >= 11 is 0. The molecule has 0 amide bonds. The molecule has 0 radical (unpaired) electrons. The van der Waals surface area contributed by atoms with Gasteiger partial charge >= 0.3 is 5.97 Å². The third kappa shape index (κ3) is 10.9. The van der Waals surface area contributed by atoms with Crippen molar-refractivity contribution in [3.05, 3.63) is 71.2 Å². The minimum absolute atomic E-state index is 0. The fourth-order valence-corrected chi connectivity index (χ4v) is 7.58. The Kier molecular flexibility index (Phi) is 14.4. The average molecular weight is 819 g/mol. The summed E-state index contributed by atoms with van der Waals surface area (Å²) in [6.45, 7) is 19.3. The van der Waals surface area contributed by atoms with Gasteiger partial charge in [0.1, 0.15) is 28.3 Å². The van der Waals surface area contributed by atoms with E-state index in [0.29, 0.717) is 46.5 Å². The third-order valence-corrected chi connectivity index (χ3v) is 10.1. The van der Waals surface area contributed by atoms with E-state index < -0.39 is 0 Å². The molecule has 0 bridgehead atoms. The number of fused-ring (bicyclic) bond motifs is 2. The van der Waals surface area contributed by atoms with E-state index in [2.05, 4.69) is 54.4 Å². The number of nitrogens with zero attached hydrogens (tertiary/aromatic N) is 10. The summed E-state index contributed by atoms with van der Waals surface area (Å²) in [6, 6.07) is 10.0. The molecule has 320 valence electrons. The first-order valence-corrected chi connectivity index (χ1v) is 20.0. The third-order valence-electron chi connectivity index (χ3n) is 10.1. The number of carbonyl (C=O) groups excluding carboxylic acids is 1. The smallest absolute Gasteiger partial charge is 0.303 e. The summed E-state index contributed by atoms with van der Waals surface area (Å²) in [4.78, 5) is 23.8. The molecule has 0 unspecified atom stereocenters. The lowest BCUT2D eigenvalue weighted by Gasteiger charge is -2.17. The van der Waals surface area contributed by atoms with E-state index in [1.165, 1.54) is 28.4 Å². The number of ether oxygens (including phenoxy) is 1. The molecule has 59 heavy (non-hydrogen) atoms. The zero-order valence-electron chi connectivity index (χ0n) is 35.3. The van der Waals surface area contributed by atoms with Crippen molar-refractivity contribution in [1.82, 2.24) is 49.6 Å². The summed E-state index contributed by atoms with van der Waals surface area (Å²) in [6.07, 6.45) is 3.75. The van der Waals surface area contributed by atoms with Crippen molar-refractivity contribution >= 4 is 27.8 Å². The van der Waals surface area contributed by atoms with Gasteiger partial charge in [-0.15, -0.1) is 0 Å². The van der Waals surface area contributed by atoms with Crippen LogP contribution < -0.4 is 0 Å². The highest BCUT2D eigenvalue weighted by molar-refractivity contribution is 5.85. The van der Waals surface area contributed by atoms with Gasteiger partial charge in [-0.3, -0.25) is 4.79 Å². The number of carbonyl (C=O) groups is 1. The molecule has 2 atom stereocenters. The molecular formula is C43H60F2N10O4. The van der Waals surface area contributed by atoms with Gasteiger partial charge < -0.3 is 23.6 Å². The molecule has 2 aromatic carbocycles. The number of esters is 1. The Labute approximate surface area is 345 Å². The minimum atomic E-state index is -0.333. The number of para-hydroxylation sites is 2. The number of benzene rings is 2. The molecule has 2 aliphatic rings. The first-order valence-electron chi connectivity index (χ1n) is 20.0. The van der Waals surface area contributed by atoms with Gasteiger partial charge in [0.05, 0.1) is 11.4 Å². The van der Waals surface area contributed by atoms with Gasteiger partial charge in [0.25, 0.3) is 11.9 Å². The number of halogens is 2. The maximum Gasteiger partial charge on any atom is 0.303 e. The second kappa shape index (κ2) is 18.9. The molecular weight excluding hydrogens is 759 g/mol. The number of rotatable bonds is 8. The highest BCUT2D eigenvalue weighted by atomic mass is 19.1. The molecule has 0 spiro atoms. The highest BCUT2D eigenvalue weighted by Crippen LogP contribution is 2.30. The average Bonchev–Trinajstić information content (AvgIpc) is 3.98. The van der Waals surface area contributed by atoms with E-state index in [0.717, 1.165) is 74.0 Å². The van der Waals surface area contributed by atoms with E-state index in [-0.39, 0.29) is 42.5 Å². The normalized spacial score (nSPS) is 17.3. The van der Waals surface area contributed by atoms with E-state index in [4.69, 9.17) is 13.8 Å². The Morgan fingerprint density at radius 2 is 1.17 bits per heavy atom. The lowest BCUT2D eigenvalue weighted by Crippen LogP contribution is -2.21. The molecule has 0 saturated carbocycles. The van der Waals surface area contributed by atoms with Crippen LogP contribution in [0.25, 0.3) is 33.7 Å². The van der Waals surface area contributed by atoms with Crippen molar-refractivity contribution in [3.8, 4) is 11.9 Å². The highest BCUT2D eigenvalue weighted by Gasteiger charge is 2.26. The molecule has 2 saturated heterocycles. The van der Waals surface area contributed by atoms with Crippen molar-refractivity contribution in [3.63, 3.8) is 0 Å². The maximum absolute atomic E-state index is 14.4. The lowest BCUT2D eigenvalue weighted by atomic mass is 10.1. The number of likely N-dealkylation sites (tertiary alicyclic amines) is 2. The fraction of sp³-hybridized carbons (Fsp3) is 0.558. The summed E-state index contributed by atoms with van der Waals surface area (Å²) in [5, 5.41) is 18.8. The van der Waals surface area contributed by atoms with Crippen LogP contribution in [0.5, 0.6) is 0 Å². The number of hydrogen-bond donors (Lipinski definition) is 0. The van der Waals surface area contributed by atoms with Crippen LogP contribution in [-0.4, -0.2) is 101 Å². The van der Waals surface area contributed by atoms with Crippen molar-refractivity contribution < 1.29 is 27.4 Å². The first-order chi connectivity index (χ1) is 27.5. The summed E-state index contributed by atoms with van der Waals surface area (Å²) < 4.78 is 47.4. The molecule has 6 aromatic rings. The molecule has 14 nitrogen and oxygen atoms in total. The topological polar surface area (TPSA) is 146 Å². The van der Waals surface area contributed by atoms with Gasteiger partial charge in [-0.1, -0.05) is 59.4 Å². The van der Waals surface area contributed by atoms with Crippen molar-refractivity contribution in [2.24, 2.45) is 11.8 Å². The zero-order chi connectivity index (χ0) is 41.9. The quantitative estimate of drug-likeness (QED) is 0.136. The lowest BCUT2D eigenvalue weighted by molar-refractivity contribution is -0.151. The standard InChI is InChI=1S/2C18H22FN5O.C6H12O2.CH4/c2*1-11(2)16-13-5-4-6-14(19)17(13)24(21-16)18-20-15(25-22-18)9-12-7-8-23(3)10-12;1-5(7)8-6(2,3)4;/h2*4-6,11-12H,7-10H2,1-3H3;1-4H3;1H4/t2*12-;;/m00../s1. The largest absolute Gasteiger partial charge is 0.460 e. The molecule has 2 aliphatic heterocycles. The second-order valence-corrected chi connectivity index (χ2v) is 17.1. The molecule has 8 rings (SSSR count). The Morgan fingerprint density at radius 1 is 0.763 bits per heavy atom. The predicted molar refractivity (Wildman–Crippen MR) is 223 cm³/mol. The Balaban J connectivity index is 0.000000187. The van der Waals surface area contributed by atoms with Crippen molar-refractivity contribution in [1.29, 1.82) is 0 Å².